The van der Waals surface area contributed by atoms with E-state index in [-0.39, 0.29) is 0 Å². The Morgan fingerprint density at radius 3 is 2.52 bits per heavy atom. The van der Waals surface area contributed by atoms with Crippen LogP contribution in [0, 0.1) is 0 Å². The summed E-state index contributed by atoms with van der Waals surface area (Å²) in [5, 5.41) is 1.05. The fourth-order valence-corrected chi connectivity index (χ4v) is 2.47. The number of benzene rings is 2. The molecule has 0 bridgehead atoms. The Morgan fingerprint density at radius 1 is 0.952 bits per heavy atom. The number of nitrogens with zero attached hydrogens (tertiary/aromatic N) is 3. The van der Waals surface area contributed by atoms with Gasteiger partial charge >= 0.3 is 0 Å². The van der Waals surface area contributed by atoms with Gasteiger partial charge < -0.3 is 4.90 Å². The Hall–Kier alpha value is -2.13. The number of fused-ring (bicyclic) bond motifs is 1. The molecule has 0 spiro atoms. The minimum absolute atomic E-state index is 0.545. The summed E-state index contributed by atoms with van der Waals surface area (Å²) in [5.74, 6) is 1.27. The highest BCUT2D eigenvalue weighted by Gasteiger charge is 2.10. The van der Waals surface area contributed by atoms with Crippen molar-refractivity contribution in [2.75, 3.05) is 17.3 Å². The lowest BCUT2D eigenvalue weighted by molar-refractivity contribution is 0.799. The molecular formula is C17H16ClN3. The SMILES string of the molecule is ClCCN(Cc1ccccc1)c1ncc2ccccc2n1. The Kier molecular flexibility index (Phi) is 4.31. The molecule has 106 valence electrons. The first kappa shape index (κ1) is 13.8. The molecule has 1 aromatic heterocycles. The van der Waals surface area contributed by atoms with Gasteiger partial charge in [-0.15, -0.1) is 11.6 Å². The van der Waals surface area contributed by atoms with E-state index in [2.05, 4.69) is 27.0 Å². The average molecular weight is 298 g/mol. The molecule has 0 saturated carbocycles. The molecule has 0 fully saturated rings. The van der Waals surface area contributed by atoms with Gasteiger partial charge in [-0.2, -0.15) is 0 Å². The normalized spacial score (nSPS) is 10.7. The first-order valence-corrected chi connectivity index (χ1v) is 7.47. The van der Waals surface area contributed by atoms with Crippen molar-refractivity contribution >= 4 is 28.5 Å². The van der Waals surface area contributed by atoms with Gasteiger partial charge in [0.15, 0.2) is 0 Å². The van der Waals surface area contributed by atoms with Crippen LogP contribution in [-0.2, 0) is 6.54 Å². The number of rotatable bonds is 5. The van der Waals surface area contributed by atoms with E-state index in [0.29, 0.717) is 5.88 Å². The highest BCUT2D eigenvalue weighted by molar-refractivity contribution is 6.18. The Balaban J connectivity index is 1.91. The third-order valence-electron chi connectivity index (χ3n) is 3.33. The van der Waals surface area contributed by atoms with E-state index in [9.17, 15) is 0 Å². The fourth-order valence-electron chi connectivity index (χ4n) is 2.27. The molecule has 0 N–H and O–H groups in total. The zero-order chi connectivity index (χ0) is 14.5. The quantitative estimate of drug-likeness (QED) is 0.669. The molecule has 4 heteroatoms. The number of aromatic nitrogens is 2. The minimum atomic E-state index is 0.545. The second-order valence-corrected chi connectivity index (χ2v) is 5.20. The standard InChI is InChI=1S/C17H16ClN3/c18-10-11-21(13-14-6-2-1-3-7-14)17-19-12-15-8-4-5-9-16(15)20-17/h1-9,12H,10-11,13H2. The summed E-state index contributed by atoms with van der Waals surface area (Å²) in [6.07, 6.45) is 1.86. The Morgan fingerprint density at radius 2 is 1.71 bits per heavy atom. The fraction of sp³-hybridized carbons (Fsp3) is 0.176. The van der Waals surface area contributed by atoms with E-state index in [4.69, 9.17) is 11.6 Å². The molecule has 3 aromatic rings. The van der Waals surface area contributed by atoms with Gasteiger partial charge in [0.1, 0.15) is 0 Å². The summed E-state index contributed by atoms with van der Waals surface area (Å²) in [4.78, 5) is 11.2. The van der Waals surface area contributed by atoms with Crippen LogP contribution in [0.2, 0.25) is 0 Å². The van der Waals surface area contributed by atoms with Gasteiger partial charge in [0, 0.05) is 30.6 Å². The van der Waals surface area contributed by atoms with Crippen molar-refractivity contribution in [3.05, 3.63) is 66.4 Å². The first-order valence-electron chi connectivity index (χ1n) is 6.93. The maximum atomic E-state index is 5.93. The largest absolute Gasteiger partial charge is 0.335 e. The van der Waals surface area contributed by atoms with Crippen molar-refractivity contribution in [3.8, 4) is 0 Å². The molecule has 3 rings (SSSR count). The molecular weight excluding hydrogens is 282 g/mol. The summed E-state index contributed by atoms with van der Waals surface area (Å²) in [7, 11) is 0. The second kappa shape index (κ2) is 6.55. The number of anilines is 1. The summed E-state index contributed by atoms with van der Waals surface area (Å²) in [6.45, 7) is 1.47. The topological polar surface area (TPSA) is 29.0 Å². The van der Waals surface area contributed by atoms with Crippen molar-refractivity contribution in [2.45, 2.75) is 6.54 Å². The van der Waals surface area contributed by atoms with Gasteiger partial charge in [-0.05, 0) is 11.6 Å². The van der Waals surface area contributed by atoms with Crippen molar-refractivity contribution in [3.63, 3.8) is 0 Å². The van der Waals surface area contributed by atoms with E-state index < -0.39 is 0 Å². The number of hydrogen-bond acceptors (Lipinski definition) is 3. The number of para-hydroxylation sites is 1. The predicted molar refractivity (Wildman–Crippen MR) is 87.8 cm³/mol. The van der Waals surface area contributed by atoms with Gasteiger partial charge in [0.25, 0.3) is 0 Å². The van der Waals surface area contributed by atoms with Gasteiger partial charge in [0.05, 0.1) is 5.52 Å². The Bertz CT molecular complexity index is 715. The molecule has 0 aliphatic carbocycles. The maximum absolute atomic E-state index is 5.93. The monoisotopic (exact) mass is 297 g/mol. The van der Waals surface area contributed by atoms with Crippen LogP contribution in [0.1, 0.15) is 5.56 Å². The molecule has 3 nitrogen and oxygen atoms in total. The highest BCUT2D eigenvalue weighted by Crippen LogP contribution is 2.17. The summed E-state index contributed by atoms with van der Waals surface area (Å²) in [5.41, 5.74) is 2.18. The third-order valence-corrected chi connectivity index (χ3v) is 3.50. The average Bonchev–Trinajstić information content (AvgIpc) is 2.55. The van der Waals surface area contributed by atoms with Crippen molar-refractivity contribution in [2.24, 2.45) is 0 Å². The van der Waals surface area contributed by atoms with Crippen LogP contribution in [0.15, 0.2) is 60.8 Å². The first-order chi connectivity index (χ1) is 10.4. The molecule has 0 amide bonds. The van der Waals surface area contributed by atoms with Crippen LogP contribution in [0.4, 0.5) is 5.95 Å². The van der Waals surface area contributed by atoms with E-state index in [0.717, 1.165) is 29.9 Å². The third kappa shape index (κ3) is 3.31. The summed E-state index contributed by atoms with van der Waals surface area (Å²) < 4.78 is 0. The Labute approximate surface area is 129 Å². The lowest BCUT2D eigenvalue weighted by atomic mass is 10.2. The summed E-state index contributed by atoms with van der Waals surface area (Å²) in [6, 6.07) is 18.3. The van der Waals surface area contributed by atoms with Crippen LogP contribution in [0.5, 0.6) is 0 Å². The van der Waals surface area contributed by atoms with Crippen LogP contribution in [-0.4, -0.2) is 22.4 Å². The zero-order valence-corrected chi connectivity index (χ0v) is 12.4. The molecule has 0 unspecified atom stereocenters. The van der Waals surface area contributed by atoms with Crippen molar-refractivity contribution in [1.29, 1.82) is 0 Å². The van der Waals surface area contributed by atoms with E-state index >= 15 is 0 Å². The lowest BCUT2D eigenvalue weighted by Gasteiger charge is -2.21. The molecule has 0 saturated heterocycles. The van der Waals surface area contributed by atoms with E-state index in [1.165, 1.54) is 5.56 Å². The molecule has 0 atom stereocenters. The van der Waals surface area contributed by atoms with E-state index in [1.807, 2.05) is 48.7 Å². The smallest absolute Gasteiger partial charge is 0.226 e. The molecule has 1 heterocycles. The van der Waals surface area contributed by atoms with Gasteiger partial charge in [0.2, 0.25) is 5.95 Å². The minimum Gasteiger partial charge on any atom is -0.335 e. The molecule has 0 aliphatic heterocycles. The number of hydrogen-bond donors (Lipinski definition) is 0. The van der Waals surface area contributed by atoms with Crippen LogP contribution >= 0.6 is 11.6 Å². The number of alkyl halides is 1. The second-order valence-electron chi connectivity index (χ2n) is 4.82. The summed E-state index contributed by atoms with van der Waals surface area (Å²) >= 11 is 5.93. The maximum Gasteiger partial charge on any atom is 0.226 e. The zero-order valence-electron chi connectivity index (χ0n) is 11.6. The lowest BCUT2D eigenvalue weighted by Crippen LogP contribution is -2.26. The highest BCUT2D eigenvalue weighted by atomic mass is 35.5. The van der Waals surface area contributed by atoms with Gasteiger partial charge in [-0.3, -0.25) is 0 Å². The van der Waals surface area contributed by atoms with E-state index in [1.54, 1.807) is 0 Å². The van der Waals surface area contributed by atoms with Crippen molar-refractivity contribution in [1.82, 2.24) is 9.97 Å². The van der Waals surface area contributed by atoms with Crippen LogP contribution in [0.25, 0.3) is 10.9 Å². The predicted octanol–water partition coefficient (Wildman–Crippen LogP) is 3.88. The molecule has 2 aromatic carbocycles. The molecule has 21 heavy (non-hydrogen) atoms. The van der Waals surface area contributed by atoms with Crippen molar-refractivity contribution < 1.29 is 0 Å². The molecule has 0 aliphatic rings. The van der Waals surface area contributed by atoms with Gasteiger partial charge in [-0.25, -0.2) is 9.97 Å². The van der Waals surface area contributed by atoms with Crippen LogP contribution in [0.3, 0.4) is 0 Å². The number of halogens is 1. The molecule has 0 radical (unpaired) electrons. The van der Waals surface area contributed by atoms with Crippen LogP contribution < -0.4 is 4.90 Å². The van der Waals surface area contributed by atoms with Gasteiger partial charge in [-0.1, -0.05) is 48.5 Å².